The molecule has 0 aliphatic rings. The minimum atomic E-state index is -0.888. The van der Waals surface area contributed by atoms with Crippen LogP contribution < -0.4 is 0 Å². The van der Waals surface area contributed by atoms with Crippen LogP contribution in [-0.2, 0) is 4.79 Å². The molecule has 1 amide bonds. The number of carbonyl (C=O) groups is 2. The van der Waals surface area contributed by atoms with E-state index >= 15 is 0 Å². The van der Waals surface area contributed by atoms with E-state index in [1.807, 2.05) is 0 Å². The summed E-state index contributed by atoms with van der Waals surface area (Å²) in [7, 11) is 1.60. The summed E-state index contributed by atoms with van der Waals surface area (Å²) >= 11 is 0. The molecule has 22 heavy (non-hydrogen) atoms. The fourth-order valence-electron chi connectivity index (χ4n) is 1.94. The molecule has 0 saturated heterocycles. The lowest BCUT2D eigenvalue weighted by molar-refractivity contribution is -0.137. The molecule has 0 atom stereocenters. The highest BCUT2D eigenvalue weighted by Gasteiger charge is 2.15. The number of aromatic nitrogens is 2. The first-order valence-electron chi connectivity index (χ1n) is 6.76. The zero-order valence-electron chi connectivity index (χ0n) is 12.1. The van der Waals surface area contributed by atoms with Crippen LogP contribution in [0.5, 0.6) is 0 Å². The molecule has 0 fully saturated rings. The highest BCUT2D eigenvalue weighted by atomic mass is 19.1. The van der Waals surface area contributed by atoms with Gasteiger partial charge in [0.25, 0.3) is 5.91 Å². The molecule has 116 valence electrons. The van der Waals surface area contributed by atoms with E-state index in [1.165, 1.54) is 21.7 Å². The van der Waals surface area contributed by atoms with Gasteiger partial charge in [0.1, 0.15) is 5.82 Å². The van der Waals surface area contributed by atoms with Crippen LogP contribution in [0, 0.1) is 5.82 Å². The Labute approximate surface area is 126 Å². The Morgan fingerprint density at radius 2 is 1.95 bits per heavy atom. The summed E-state index contributed by atoms with van der Waals surface area (Å²) in [5, 5.41) is 12.7. The van der Waals surface area contributed by atoms with Gasteiger partial charge in [-0.1, -0.05) is 0 Å². The second-order valence-corrected chi connectivity index (χ2v) is 4.85. The zero-order chi connectivity index (χ0) is 16.1. The third-order valence-corrected chi connectivity index (χ3v) is 3.13. The van der Waals surface area contributed by atoms with Gasteiger partial charge in [-0.3, -0.25) is 9.59 Å². The summed E-state index contributed by atoms with van der Waals surface area (Å²) in [6, 6.07) is 7.33. The third-order valence-electron chi connectivity index (χ3n) is 3.13. The molecule has 2 rings (SSSR count). The van der Waals surface area contributed by atoms with Gasteiger partial charge in [-0.25, -0.2) is 9.07 Å². The van der Waals surface area contributed by atoms with Crippen molar-refractivity contribution in [1.82, 2.24) is 14.7 Å². The van der Waals surface area contributed by atoms with E-state index in [9.17, 15) is 14.0 Å². The van der Waals surface area contributed by atoms with E-state index in [4.69, 9.17) is 5.11 Å². The smallest absolute Gasteiger partial charge is 0.303 e. The topological polar surface area (TPSA) is 75.4 Å². The van der Waals surface area contributed by atoms with Crippen LogP contribution in [0.1, 0.15) is 23.3 Å². The molecule has 0 aliphatic heterocycles. The molecule has 0 aliphatic carbocycles. The Bertz CT molecular complexity index is 667. The Morgan fingerprint density at radius 1 is 1.27 bits per heavy atom. The summed E-state index contributed by atoms with van der Waals surface area (Å²) < 4.78 is 14.4. The molecule has 1 N–H and O–H groups in total. The maximum Gasteiger partial charge on any atom is 0.303 e. The third kappa shape index (κ3) is 3.91. The van der Waals surface area contributed by atoms with Crippen molar-refractivity contribution in [3.63, 3.8) is 0 Å². The van der Waals surface area contributed by atoms with Gasteiger partial charge in [-0.2, -0.15) is 5.10 Å². The summed E-state index contributed by atoms with van der Waals surface area (Å²) in [6.07, 6.45) is 2.02. The van der Waals surface area contributed by atoms with Crippen LogP contribution >= 0.6 is 0 Å². The fourth-order valence-corrected chi connectivity index (χ4v) is 1.94. The molecule has 0 spiro atoms. The highest BCUT2D eigenvalue weighted by Crippen LogP contribution is 2.10. The molecule has 7 heteroatoms. The lowest BCUT2D eigenvalue weighted by atomic mass is 10.3. The fraction of sp³-hybridized carbons (Fsp3) is 0.267. The van der Waals surface area contributed by atoms with Crippen molar-refractivity contribution in [2.75, 3.05) is 13.6 Å². The van der Waals surface area contributed by atoms with Crippen molar-refractivity contribution >= 4 is 11.9 Å². The van der Waals surface area contributed by atoms with E-state index in [1.54, 1.807) is 31.4 Å². The largest absolute Gasteiger partial charge is 0.481 e. The van der Waals surface area contributed by atoms with E-state index in [0.717, 1.165) is 0 Å². The van der Waals surface area contributed by atoms with Crippen molar-refractivity contribution in [2.24, 2.45) is 0 Å². The van der Waals surface area contributed by atoms with Crippen molar-refractivity contribution in [2.45, 2.75) is 12.8 Å². The number of halogens is 1. The predicted molar refractivity (Wildman–Crippen MR) is 77.4 cm³/mol. The van der Waals surface area contributed by atoms with Gasteiger partial charge in [-0.05, 0) is 36.8 Å². The first kappa shape index (κ1) is 15.7. The molecular formula is C15H16FN3O3. The lowest BCUT2D eigenvalue weighted by Gasteiger charge is -2.14. The Kier molecular flexibility index (Phi) is 4.88. The monoisotopic (exact) mass is 305 g/mol. The van der Waals surface area contributed by atoms with Gasteiger partial charge < -0.3 is 10.0 Å². The van der Waals surface area contributed by atoms with E-state index in [0.29, 0.717) is 18.7 Å². The number of carboxylic acids is 1. The molecule has 1 heterocycles. The molecule has 0 unspecified atom stereocenters. The Balaban J connectivity index is 2.02. The molecule has 0 saturated carbocycles. The number of rotatable bonds is 6. The quantitative estimate of drug-likeness (QED) is 0.885. The molecule has 6 nitrogen and oxygen atoms in total. The molecule has 0 bridgehead atoms. The summed E-state index contributed by atoms with van der Waals surface area (Å²) in [6.45, 7) is 0.342. The Hall–Kier alpha value is -2.70. The van der Waals surface area contributed by atoms with Crippen LogP contribution in [-0.4, -0.2) is 45.3 Å². The van der Waals surface area contributed by atoms with Gasteiger partial charge in [0.15, 0.2) is 5.69 Å². The van der Waals surface area contributed by atoms with Gasteiger partial charge in [-0.15, -0.1) is 0 Å². The van der Waals surface area contributed by atoms with Crippen LogP contribution in [0.3, 0.4) is 0 Å². The number of carboxylic acid groups (broad SMARTS) is 1. The number of aliphatic carboxylic acids is 1. The highest BCUT2D eigenvalue weighted by molar-refractivity contribution is 5.92. The van der Waals surface area contributed by atoms with Gasteiger partial charge in [0, 0.05) is 26.2 Å². The van der Waals surface area contributed by atoms with Gasteiger partial charge in [0.05, 0.1) is 5.69 Å². The molecule has 1 aromatic heterocycles. The van der Waals surface area contributed by atoms with Crippen LogP contribution in [0.4, 0.5) is 4.39 Å². The van der Waals surface area contributed by atoms with Crippen molar-refractivity contribution in [3.8, 4) is 5.69 Å². The van der Waals surface area contributed by atoms with Gasteiger partial charge >= 0.3 is 5.97 Å². The first-order chi connectivity index (χ1) is 10.5. The predicted octanol–water partition coefficient (Wildman–Crippen LogP) is 1.95. The lowest BCUT2D eigenvalue weighted by Crippen LogP contribution is -2.28. The Morgan fingerprint density at radius 3 is 2.59 bits per heavy atom. The molecule has 0 radical (unpaired) electrons. The maximum atomic E-state index is 12.9. The number of benzene rings is 1. The van der Waals surface area contributed by atoms with Crippen molar-refractivity contribution in [3.05, 3.63) is 48.0 Å². The normalized spacial score (nSPS) is 10.5. The molecule has 1 aromatic carbocycles. The van der Waals surface area contributed by atoms with Crippen LogP contribution in [0.15, 0.2) is 36.5 Å². The number of carbonyl (C=O) groups excluding carboxylic acids is 1. The minimum absolute atomic E-state index is 0.0155. The average Bonchev–Trinajstić information content (AvgIpc) is 2.96. The molecular weight excluding hydrogens is 289 g/mol. The van der Waals surface area contributed by atoms with Crippen molar-refractivity contribution in [1.29, 1.82) is 0 Å². The standard InChI is InChI=1S/C15H16FN3O3/c1-18(9-2-3-14(20)21)15(22)13-8-10-19(17-13)12-6-4-11(16)5-7-12/h4-8,10H,2-3,9H2,1H3,(H,20,21). The second kappa shape index (κ2) is 6.84. The van der Waals surface area contributed by atoms with E-state index in [2.05, 4.69) is 5.10 Å². The van der Waals surface area contributed by atoms with Crippen molar-refractivity contribution < 1.29 is 19.1 Å². The number of hydrogen-bond donors (Lipinski definition) is 1. The first-order valence-corrected chi connectivity index (χ1v) is 6.76. The summed E-state index contributed by atoms with van der Waals surface area (Å²) in [4.78, 5) is 24.1. The van der Waals surface area contributed by atoms with Crippen LogP contribution in [0.25, 0.3) is 5.69 Å². The number of hydrogen-bond acceptors (Lipinski definition) is 3. The zero-order valence-corrected chi connectivity index (χ0v) is 12.1. The van der Waals surface area contributed by atoms with Gasteiger partial charge in [0.2, 0.25) is 0 Å². The summed E-state index contributed by atoms with van der Waals surface area (Å²) in [5.74, 6) is -1.52. The molecule has 2 aromatic rings. The SMILES string of the molecule is CN(CCCC(=O)O)C(=O)c1ccn(-c2ccc(F)cc2)n1. The maximum absolute atomic E-state index is 12.9. The van der Waals surface area contributed by atoms with E-state index in [-0.39, 0.29) is 23.8 Å². The second-order valence-electron chi connectivity index (χ2n) is 4.85. The minimum Gasteiger partial charge on any atom is -0.481 e. The average molecular weight is 305 g/mol. The number of nitrogens with zero attached hydrogens (tertiary/aromatic N) is 3. The van der Waals surface area contributed by atoms with E-state index < -0.39 is 5.97 Å². The number of amides is 1. The summed E-state index contributed by atoms with van der Waals surface area (Å²) in [5.41, 5.74) is 0.899. The van der Waals surface area contributed by atoms with Crippen LogP contribution in [0.2, 0.25) is 0 Å².